The fourth-order valence-electron chi connectivity index (χ4n) is 4.16. The summed E-state index contributed by atoms with van der Waals surface area (Å²) in [5, 5.41) is -0.249. The minimum Gasteiger partial charge on any atom is -0.349 e. The number of hydrogen-bond donors (Lipinski definition) is 1. The standard InChI is InChI=1S/C24H26F5NO5S2/c1-22(25,26)15-5-4-6-18(13-15)37(34,35)24(29)11-9-17(10-12-24)30-21(31)19-8-7-16(23(2,27)28)14-20(19)36(3,32)33/h4-8,13-14,17H,9-12H2,1-3H3,(H,30,31). The largest absolute Gasteiger partial charge is 0.349 e. The molecule has 0 spiro atoms. The number of rotatable bonds is 7. The highest BCUT2D eigenvalue weighted by molar-refractivity contribution is 7.92. The average Bonchev–Trinajstić information content (AvgIpc) is 2.78. The van der Waals surface area contributed by atoms with Gasteiger partial charge >= 0.3 is 0 Å². The highest BCUT2D eigenvalue weighted by atomic mass is 32.2. The summed E-state index contributed by atoms with van der Waals surface area (Å²) in [6.45, 7) is 1.17. The molecule has 0 unspecified atom stereocenters. The third-order valence-electron chi connectivity index (χ3n) is 6.33. The number of sulfone groups is 2. The number of carbonyl (C=O) groups excluding carboxylic acids is 1. The number of alkyl halides is 5. The van der Waals surface area contributed by atoms with Gasteiger partial charge in [-0.15, -0.1) is 0 Å². The van der Waals surface area contributed by atoms with Crippen LogP contribution in [-0.2, 0) is 31.5 Å². The van der Waals surface area contributed by atoms with Gasteiger partial charge in [0.05, 0.1) is 15.4 Å². The molecule has 1 N–H and O–H groups in total. The van der Waals surface area contributed by atoms with E-state index in [-0.39, 0.29) is 18.4 Å². The lowest BCUT2D eigenvalue weighted by atomic mass is 9.93. The van der Waals surface area contributed by atoms with E-state index < -0.39 is 82.2 Å². The minimum atomic E-state index is -4.66. The summed E-state index contributed by atoms with van der Waals surface area (Å²) < 4.78 is 121. The van der Waals surface area contributed by atoms with Crippen molar-refractivity contribution in [2.75, 3.05) is 6.26 Å². The maximum absolute atomic E-state index is 15.6. The van der Waals surface area contributed by atoms with E-state index in [1.54, 1.807) is 0 Å². The number of amides is 1. The predicted octanol–water partition coefficient (Wildman–Crippen LogP) is 5.13. The van der Waals surface area contributed by atoms with E-state index in [9.17, 15) is 39.2 Å². The molecule has 3 rings (SSSR count). The molecule has 1 aliphatic carbocycles. The smallest absolute Gasteiger partial charge is 0.270 e. The summed E-state index contributed by atoms with van der Waals surface area (Å²) in [6, 6.07) is 5.79. The highest BCUT2D eigenvalue weighted by Gasteiger charge is 2.48. The molecule has 6 nitrogen and oxygen atoms in total. The Bertz CT molecular complexity index is 1410. The third-order valence-corrected chi connectivity index (χ3v) is 9.72. The van der Waals surface area contributed by atoms with Gasteiger partial charge in [0.2, 0.25) is 14.8 Å². The van der Waals surface area contributed by atoms with Gasteiger partial charge in [0, 0.05) is 37.3 Å². The normalized spacial score (nSPS) is 21.5. The van der Waals surface area contributed by atoms with Crippen molar-refractivity contribution >= 4 is 25.6 Å². The van der Waals surface area contributed by atoms with Crippen molar-refractivity contribution in [3.8, 4) is 0 Å². The van der Waals surface area contributed by atoms with Crippen molar-refractivity contribution in [3.63, 3.8) is 0 Å². The van der Waals surface area contributed by atoms with E-state index in [0.29, 0.717) is 13.8 Å². The molecule has 13 heteroatoms. The number of halogens is 5. The third kappa shape index (κ3) is 6.14. The van der Waals surface area contributed by atoms with Crippen LogP contribution in [-0.4, -0.2) is 40.0 Å². The van der Waals surface area contributed by atoms with Crippen LogP contribution in [0.25, 0.3) is 0 Å². The van der Waals surface area contributed by atoms with Gasteiger partial charge in [0.25, 0.3) is 17.8 Å². The minimum absolute atomic E-state index is 0.148. The number of carbonyl (C=O) groups is 1. The van der Waals surface area contributed by atoms with Crippen LogP contribution in [0.2, 0.25) is 0 Å². The molecule has 0 bridgehead atoms. The summed E-state index contributed by atoms with van der Waals surface area (Å²) >= 11 is 0. The molecule has 0 aromatic heterocycles. The van der Waals surface area contributed by atoms with Crippen LogP contribution in [0.5, 0.6) is 0 Å². The quantitative estimate of drug-likeness (QED) is 0.468. The van der Waals surface area contributed by atoms with E-state index >= 15 is 4.39 Å². The first kappa shape index (κ1) is 29.0. The fourth-order valence-corrected chi connectivity index (χ4v) is 6.80. The van der Waals surface area contributed by atoms with Gasteiger partial charge in [0.1, 0.15) is 0 Å². The Hall–Kier alpha value is -2.54. The molecule has 0 saturated heterocycles. The van der Waals surface area contributed by atoms with Gasteiger partial charge < -0.3 is 5.32 Å². The lowest BCUT2D eigenvalue weighted by molar-refractivity contribution is 0.0165. The van der Waals surface area contributed by atoms with Crippen LogP contribution in [0, 0.1) is 0 Å². The Balaban J connectivity index is 1.78. The number of nitrogens with one attached hydrogen (secondary N) is 1. The van der Waals surface area contributed by atoms with Crippen LogP contribution in [0.1, 0.15) is 61.0 Å². The SMILES string of the molecule is CC(F)(F)c1cccc(S(=O)(=O)C2(F)CCC(NC(=O)c3ccc(C(C)(F)F)cc3S(C)(=O)=O)CC2)c1. The van der Waals surface area contributed by atoms with Crippen molar-refractivity contribution in [1.29, 1.82) is 0 Å². The van der Waals surface area contributed by atoms with Crippen molar-refractivity contribution in [2.24, 2.45) is 0 Å². The Morgan fingerprint density at radius 3 is 1.97 bits per heavy atom. The molecule has 1 fully saturated rings. The lowest BCUT2D eigenvalue weighted by Crippen LogP contribution is -2.45. The molecule has 2 aromatic rings. The van der Waals surface area contributed by atoms with E-state index in [2.05, 4.69) is 5.32 Å². The summed E-state index contributed by atoms with van der Waals surface area (Å²) in [4.78, 5) is 11.6. The van der Waals surface area contributed by atoms with Crippen LogP contribution in [0.4, 0.5) is 22.0 Å². The van der Waals surface area contributed by atoms with Crippen molar-refractivity contribution < 1.29 is 43.6 Å². The zero-order valence-electron chi connectivity index (χ0n) is 20.2. The van der Waals surface area contributed by atoms with Crippen LogP contribution in [0.15, 0.2) is 52.3 Å². The summed E-state index contributed by atoms with van der Waals surface area (Å²) in [5.41, 5.74) is -1.55. The average molecular weight is 568 g/mol. The number of benzene rings is 2. The van der Waals surface area contributed by atoms with Crippen LogP contribution < -0.4 is 5.32 Å². The van der Waals surface area contributed by atoms with E-state index in [0.717, 1.165) is 48.7 Å². The monoisotopic (exact) mass is 567 g/mol. The fraction of sp³-hybridized carbons (Fsp3) is 0.458. The topological polar surface area (TPSA) is 97.4 Å². The zero-order valence-corrected chi connectivity index (χ0v) is 21.8. The van der Waals surface area contributed by atoms with Gasteiger partial charge in [0.15, 0.2) is 9.84 Å². The molecule has 0 atom stereocenters. The van der Waals surface area contributed by atoms with Gasteiger partial charge in [-0.1, -0.05) is 18.2 Å². The van der Waals surface area contributed by atoms with Gasteiger partial charge in [-0.2, -0.15) is 0 Å². The first-order valence-electron chi connectivity index (χ1n) is 11.2. The van der Waals surface area contributed by atoms with E-state index in [1.165, 1.54) is 0 Å². The summed E-state index contributed by atoms with van der Waals surface area (Å²) in [5.74, 6) is -7.57. The molecule has 1 saturated carbocycles. The van der Waals surface area contributed by atoms with Crippen molar-refractivity contribution in [1.82, 2.24) is 5.32 Å². The van der Waals surface area contributed by atoms with Crippen LogP contribution in [0.3, 0.4) is 0 Å². The Morgan fingerprint density at radius 2 is 1.46 bits per heavy atom. The van der Waals surface area contributed by atoms with Gasteiger partial charge in [-0.25, -0.2) is 38.8 Å². The predicted molar refractivity (Wildman–Crippen MR) is 126 cm³/mol. The second-order valence-electron chi connectivity index (χ2n) is 9.42. The molecule has 1 amide bonds. The van der Waals surface area contributed by atoms with Crippen LogP contribution >= 0.6 is 0 Å². The Morgan fingerprint density at radius 1 is 0.919 bits per heavy atom. The zero-order chi connectivity index (χ0) is 28.0. The van der Waals surface area contributed by atoms with E-state index in [1.807, 2.05) is 0 Å². The first-order chi connectivity index (χ1) is 16.8. The van der Waals surface area contributed by atoms with Crippen molar-refractivity contribution in [2.45, 2.75) is 72.2 Å². The summed E-state index contributed by atoms with van der Waals surface area (Å²) in [6.07, 6.45) is -0.627. The maximum atomic E-state index is 15.6. The van der Waals surface area contributed by atoms with E-state index in [4.69, 9.17) is 0 Å². The Labute approximate surface area is 212 Å². The maximum Gasteiger partial charge on any atom is 0.270 e. The van der Waals surface area contributed by atoms with Gasteiger partial charge in [-0.05, 0) is 49.9 Å². The molecule has 204 valence electrons. The second-order valence-corrected chi connectivity index (χ2v) is 13.6. The number of hydrogen-bond acceptors (Lipinski definition) is 5. The first-order valence-corrected chi connectivity index (χ1v) is 14.6. The molecule has 0 aliphatic heterocycles. The lowest BCUT2D eigenvalue weighted by Gasteiger charge is -2.34. The molecule has 2 aromatic carbocycles. The Kier molecular flexibility index (Phi) is 7.57. The molecule has 1 aliphatic rings. The van der Waals surface area contributed by atoms with Crippen molar-refractivity contribution in [3.05, 3.63) is 59.2 Å². The second kappa shape index (κ2) is 9.64. The molecular weight excluding hydrogens is 541 g/mol. The molecule has 0 heterocycles. The highest BCUT2D eigenvalue weighted by Crippen LogP contribution is 2.41. The van der Waals surface area contributed by atoms with Gasteiger partial charge in [-0.3, -0.25) is 4.79 Å². The molecular formula is C24H26F5NO5S2. The molecule has 37 heavy (non-hydrogen) atoms. The summed E-state index contributed by atoms with van der Waals surface area (Å²) in [7, 11) is -8.73. The molecule has 0 radical (unpaired) electrons.